The summed E-state index contributed by atoms with van der Waals surface area (Å²) in [4.78, 5) is 45.0. The number of H-pyrrole nitrogens is 1. The molecule has 2 N–H and O–H groups in total. The zero-order valence-electron chi connectivity index (χ0n) is 22.5. The summed E-state index contributed by atoms with van der Waals surface area (Å²) >= 11 is 0. The molecule has 0 radical (unpaired) electrons. The van der Waals surface area contributed by atoms with Crippen LogP contribution in [0.15, 0.2) is 76.4 Å². The monoisotopic (exact) mass is 590 g/mol. The minimum Gasteiger partial charge on any atom is -0.459 e. The number of aryl methyl sites for hydroxylation is 1. The number of benzene rings is 2. The molecule has 4 rings (SSSR count). The number of ether oxygens (including phenoxy) is 2. The third kappa shape index (κ3) is 7.13. The lowest BCUT2D eigenvalue weighted by atomic mass is 9.98. The normalized spacial score (nSPS) is 23.3. The molecule has 218 valence electrons. The molecular formula is C27H30FN3O9P+. The number of nitrogens with one attached hydrogen (secondary N) is 1. The molecule has 2 aromatic carbocycles. The van der Waals surface area contributed by atoms with Crippen LogP contribution in [0.3, 0.4) is 0 Å². The van der Waals surface area contributed by atoms with Crippen LogP contribution in [0.4, 0.5) is 4.39 Å². The predicted molar refractivity (Wildman–Crippen MR) is 144 cm³/mol. The first kappa shape index (κ1) is 30.2. The zero-order chi connectivity index (χ0) is 29.7. The standard InChI is InChI=1S/C27H29FN3O9P/c1-17-9-11-20(12-10-17)40-31(18(2)24(34)37-15-19-7-5-4-6-8-19)41(36)38-16-21-23(33)27(3,28)25(39-21)30-14-13-22(32)29-26(30)35/h4-14,18,21,23,25,33H,15-16H2,1-3H3/p+1/t18?,21-,23-,25-,27-/m1/s1. The lowest BCUT2D eigenvalue weighted by Gasteiger charge is -2.24. The molecule has 0 spiro atoms. The summed E-state index contributed by atoms with van der Waals surface area (Å²) in [6.45, 7) is 3.69. The van der Waals surface area contributed by atoms with Crippen molar-refractivity contribution in [2.24, 2.45) is 0 Å². The van der Waals surface area contributed by atoms with Crippen molar-refractivity contribution in [3.63, 3.8) is 0 Å². The van der Waals surface area contributed by atoms with Crippen LogP contribution < -0.4 is 16.1 Å². The summed E-state index contributed by atoms with van der Waals surface area (Å²) in [6, 6.07) is 15.5. The minimum absolute atomic E-state index is 0.0251. The van der Waals surface area contributed by atoms with Crippen molar-refractivity contribution in [1.29, 1.82) is 0 Å². The van der Waals surface area contributed by atoms with Gasteiger partial charge in [0.05, 0.1) is 0 Å². The van der Waals surface area contributed by atoms with E-state index in [-0.39, 0.29) is 12.4 Å². The van der Waals surface area contributed by atoms with Gasteiger partial charge >= 0.3 is 19.8 Å². The number of aromatic amines is 1. The number of hydrogen-bond donors (Lipinski definition) is 2. The third-order valence-electron chi connectivity index (χ3n) is 6.45. The Labute approximate surface area is 235 Å². The van der Waals surface area contributed by atoms with Gasteiger partial charge in [-0.25, -0.2) is 9.18 Å². The van der Waals surface area contributed by atoms with E-state index in [1.807, 2.05) is 18.0 Å². The van der Waals surface area contributed by atoms with E-state index < -0.39 is 62.2 Å². The fourth-order valence-electron chi connectivity index (χ4n) is 4.06. The van der Waals surface area contributed by atoms with Gasteiger partial charge in [-0.2, -0.15) is 0 Å². The Bertz CT molecular complexity index is 1480. The van der Waals surface area contributed by atoms with Crippen LogP contribution in [0.5, 0.6) is 5.75 Å². The largest absolute Gasteiger partial charge is 0.653 e. The first-order chi connectivity index (χ1) is 19.5. The van der Waals surface area contributed by atoms with E-state index in [1.54, 1.807) is 48.5 Å². The Hall–Kier alpha value is -3.74. The maximum Gasteiger partial charge on any atom is 0.653 e. The maximum atomic E-state index is 15.5. The van der Waals surface area contributed by atoms with Crippen molar-refractivity contribution in [3.05, 3.63) is 98.8 Å². The second kappa shape index (κ2) is 12.8. The third-order valence-corrected chi connectivity index (χ3v) is 7.57. The number of halogens is 1. The summed E-state index contributed by atoms with van der Waals surface area (Å²) in [5, 5.41) is 10.6. The van der Waals surface area contributed by atoms with Crippen molar-refractivity contribution in [1.82, 2.24) is 14.4 Å². The molecule has 14 heteroatoms. The highest BCUT2D eigenvalue weighted by molar-refractivity contribution is 7.36. The molecule has 6 atom stereocenters. The number of hydroxylamine groups is 1. The lowest BCUT2D eigenvalue weighted by Crippen LogP contribution is -2.43. The van der Waals surface area contributed by atoms with E-state index in [9.17, 15) is 24.1 Å². The van der Waals surface area contributed by atoms with E-state index >= 15 is 4.39 Å². The number of alkyl halides is 1. The summed E-state index contributed by atoms with van der Waals surface area (Å²) in [7, 11) is -2.93. The number of aliphatic hydroxyl groups excluding tert-OH is 1. The lowest BCUT2D eigenvalue weighted by molar-refractivity contribution is -0.156. The van der Waals surface area contributed by atoms with Gasteiger partial charge in [-0.3, -0.25) is 19.1 Å². The molecule has 41 heavy (non-hydrogen) atoms. The maximum absolute atomic E-state index is 15.5. The molecule has 1 aromatic heterocycles. The molecule has 1 aliphatic heterocycles. The molecule has 1 fully saturated rings. The summed E-state index contributed by atoms with van der Waals surface area (Å²) < 4.78 is 45.9. The van der Waals surface area contributed by atoms with Crippen LogP contribution in [0.1, 0.15) is 31.2 Å². The Kier molecular flexibility index (Phi) is 9.46. The number of rotatable bonds is 11. The van der Waals surface area contributed by atoms with Gasteiger partial charge < -0.3 is 19.4 Å². The number of aliphatic hydroxyl groups is 1. The smallest absolute Gasteiger partial charge is 0.459 e. The van der Waals surface area contributed by atoms with Crippen molar-refractivity contribution in [2.75, 3.05) is 6.61 Å². The number of carbonyl (C=O) groups is 1. The summed E-state index contributed by atoms with van der Waals surface area (Å²) in [5.74, 6) is -0.491. The highest BCUT2D eigenvalue weighted by Gasteiger charge is 2.56. The number of hydrogen-bond acceptors (Lipinski definition) is 9. The van der Waals surface area contributed by atoms with Crippen molar-refractivity contribution in [2.45, 2.75) is 57.5 Å². The van der Waals surface area contributed by atoms with Gasteiger partial charge in [-0.05, 0) is 43.0 Å². The van der Waals surface area contributed by atoms with Gasteiger partial charge in [0.1, 0.15) is 30.3 Å². The van der Waals surface area contributed by atoms with Crippen LogP contribution in [0.2, 0.25) is 0 Å². The van der Waals surface area contributed by atoms with Gasteiger partial charge in [-0.1, -0.05) is 48.0 Å². The summed E-state index contributed by atoms with van der Waals surface area (Å²) in [6.07, 6.45) is -3.73. The number of carbonyl (C=O) groups excluding carboxylic acids is 1. The van der Waals surface area contributed by atoms with E-state index in [1.165, 1.54) is 6.92 Å². The molecular weight excluding hydrogens is 560 g/mol. The minimum atomic E-state index is -2.93. The van der Waals surface area contributed by atoms with Crippen LogP contribution in [0, 0.1) is 6.92 Å². The molecule has 1 saturated heterocycles. The van der Waals surface area contributed by atoms with Gasteiger partial charge in [0.15, 0.2) is 23.7 Å². The second-order valence-electron chi connectivity index (χ2n) is 9.65. The highest BCUT2D eigenvalue weighted by atomic mass is 31.1. The molecule has 0 saturated carbocycles. The van der Waals surface area contributed by atoms with Crippen LogP contribution in [0.25, 0.3) is 0 Å². The zero-order valence-corrected chi connectivity index (χ0v) is 23.4. The van der Waals surface area contributed by atoms with Crippen LogP contribution >= 0.6 is 8.18 Å². The summed E-state index contributed by atoms with van der Waals surface area (Å²) in [5.41, 5.74) is -2.41. The molecule has 0 aliphatic carbocycles. The molecule has 0 amide bonds. The van der Waals surface area contributed by atoms with Crippen LogP contribution in [-0.4, -0.2) is 56.0 Å². The number of esters is 1. The van der Waals surface area contributed by atoms with Gasteiger partial charge in [0.2, 0.25) is 0 Å². The molecule has 1 aliphatic rings. The Morgan fingerprint density at radius 1 is 1.20 bits per heavy atom. The molecule has 0 bridgehead atoms. The average molecular weight is 591 g/mol. The average Bonchev–Trinajstić information content (AvgIpc) is 3.18. The van der Waals surface area contributed by atoms with Gasteiger partial charge in [-0.15, -0.1) is 4.52 Å². The van der Waals surface area contributed by atoms with E-state index in [2.05, 4.69) is 0 Å². The number of nitrogens with zero attached hydrogens (tertiary/aromatic N) is 2. The predicted octanol–water partition coefficient (Wildman–Crippen LogP) is 2.93. The quantitative estimate of drug-likeness (QED) is 0.194. The van der Waals surface area contributed by atoms with E-state index in [4.69, 9.17) is 18.8 Å². The SMILES string of the molecule is Cc1ccc(ON(C(C)C(=O)OCc2ccccc2)[P+](=O)OC[C@H]2O[C@@H](n3ccc(=O)[nH]c3=O)[C@](C)(F)[C@@H]2O)cc1. The first-order valence-corrected chi connectivity index (χ1v) is 13.8. The fraction of sp³-hybridized carbons (Fsp3) is 0.370. The van der Waals surface area contributed by atoms with E-state index in [0.29, 0.717) is 0 Å². The van der Waals surface area contributed by atoms with Crippen molar-refractivity contribution < 1.29 is 37.7 Å². The van der Waals surface area contributed by atoms with Gasteiger partial charge in [0, 0.05) is 12.3 Å². The topological polar surface area (TPSA) is 149 Å². The van der Waals surface area contributed by atoms with Gasteiger partial charge in [0.25, 0.3) is 5.56 Å². The Morgan fingerprint density at radius 3 is 2.54 bits per heavy atom. The molecule has 3 aromatic rings. The Balaban J connectivity index is 1.47. The van der Waals surface area contributed by atoms with Crippen LogP contribution in [-0.2, 0) is 30.0 Å². The molecule has 12 nitrogen and oxygen atoms in total. The fourth-order valence-corrected chi connectivity index (χ4v) is 4.98. The van der Waals surface area contributed by atoms with Crippen molar-refractivity contribution in [3.8, 4) is 5.75 Å². The van der Waals surface area contributed by atoms with Crippen molar-refractivity contribution >= 4 is 14.1 Å². The Morgan fingerprint density at radius 2 is 1.88 bits per heavy atom. The second-order valence-corrected chi connectivity index (χ2v) is 10.8. The number of aromatic nitrogens is 2. The van der Waals surface area contributed by atoms with E-state index in [0.717, 1.165) is 39.7 Å². The first-order valence-electron chi connectivity index (χ1n) is 12.7. The molecule has 2 unspecified atom stereocenters. The molecule has 2 heterocycles. The highest BCUT2D eigenvalue weighted by Crippen LogP contribution is 2.42.